The van der Waals surface area contributed by atoms with Crippen LogP contribution in [0.3, 0.4) is 0 Å². The third-order valence-corrected chi connectivity index (χ3v) is 9.99. The second kappa shape index (κ2) is 8.37. The van der Waals surface area contributed by atoms with Crippen LogP contribution in [0, 0.1) is 12.8 Å². The number of hydrogen-bond donors (Lipinski definition) is 1. The Labute approximate surface area is 224 Å². The number of hydrogen-bond acceptors (Lipinski definition) is 4. The summed E-state index contributed by atoms with van der Waals surface area (Å²) in [5.41, 5.74) is 7.99. The molecule has 6 heteroatoms. The van der Waals surface area contributed by atoms with E-state index in [1.165, 1.54) is 16.7 Å². The van der Waals surface area contributed by atoms with Gasteiger partial charge in [-0.25, -0.2) is 0 Å². The minimum absolute atomic E-state index is 0.0603. The number of piperidine rings is 1. The first-order chi connectivity index (χ1) is 18.3. The highest BCUT2D eigenvalue weighted by atomic mass is 16.5. The number of fused-ring (bicyclic) bond motifs is 2. The molecular formula is C32H37N3O3. The van der Waals surface area contributed by atoms with E-state index in [0.717, 1.165) is 54.1 Å². The first-order valence-corrected chi connectivity index (χ1v) is 14.0. The molecule has 3 aromatic rings. The molecule has 2 bridgehead atoms. The molecule has 4 atom stereocenters. The van der Waals surface area contributed by atoms with Gasteiger partial charge in [0.25, 0.3) is 5.91 Å². The Kier molecular flexibility index (Phi) is 5.25. The number of carbonyl (C=O) groups excluding carboxylic acids is 1. The average molecular weight is 512 g/mol. The average Bonchev–Trinajstić information content (AvgIpc) is 3.44. The zero-order valence-corrected chi connectivity index (χ0v) is 23.0. The molecule has 1 fully saturated rings. The van der Waals surface area contributed by atoms with Gasteiger partial charge >= 0.3 is 0 Å². The second-order valence-corrected chi connectivity index (χ2v) is 12.0. The van der Waals surface area contributed by atoms with Crippen molar-refractivity contribution in [2.75, 3.05) is 20.7 Å². The smallest absolute Gasteiger partial charge is 0.271 e. The Morgan fingerprint density at radius 3 is 2.74 bits per heavy atom. The molecule has 2 aromatic carbocycles. The summed E-state index contributed by atoms with van der Waals surface area (Å²) in [6, 6.07) is 15.1. The highest BCUT2D eigenvalue weighted by Crippen LogP contribution is 2.67. The number of rotatable bonds is 5. The topological polar surface area (TPSA) is 57.8 Å². The van der Waals surface area contributed by atoms with Crippen molar-refractivity contribution in [3.8, 4) is 11.5 Å². The lowest BCUT2D eigenvalue weighted by Gasteiger charge is -2.57. The molecule has 6 nitrogen and oxygen atoms in total. The molecule has 2 aliphatic carbocycles. The normalized spacial score (nSPS) is 26.5. The van der Waals surface area contributed by atoms with E-state index < -0.39 is 0 Å². The number of aromatic amines is 1. The fraction of sp³-hybridized carbons (Fsp3) is 0.469. The van der Waals surface area contributed by atoms with Crippen molar-refractivity contribution >= 4 is 5.91 Å². The lowest BCUT2D eigenvalue weighted by atomic mass is 9.51. The third kappa shape index (κ3) is 3.07. The predicted molar refractivity (Wildman–Crippen MR) is 147 cm³/mol. The van der Waals surface area contributed by atoms with Gasteiger partial charge in [-0.05, 0) is 87.9 Å². The molecule has 1 spiro atoms. The van der Waals surface area contributed by atoms with E-state index in [-0.39, 0.29) is 23.5 Å². The highest BCUT2D eigenvalue weighted by molar-refractivity contribution is 5.95. The number of nitrogens with zero attached hydrogens (tertiary/aromatic N) is 2. The molecule has 4 aliphatic rings. The monoisotopic (exact) mass is 511 g/mol. The molecular weight excluding hydrogens is 474 g/mol. The molecule has 2 unspecified atom stereocenters. The Morgan fingerprint density at radius 1 is 1.21 bits per heavy atom. The Balaban J connectivity index is 1.34. The summed E-state index contributed by atoms with van der Waals surface area (Å²) in [4.78, 5) is 22.3. The first-order valence-electron chi connectivity index (χ1n) is 14.0. The molecule has 1 amide bonds. The van der Waals surface area contributed by atoms with Gasteiger partial charge in [-0.3, -0.25) is 4.79 Å². The number of ether oxygens (including phenoxy) is 2. The lowest BCUT2D eigenvalue weighted by molar-refractivity contribution is -0.0256. The number of likely N-dealkylation sites (tertiary alicyclic amines) is 1. The molecule has 1 aromatic heterocycles. The van der Waals surface area contributed by atoms with Gasteiger partial charge in [0, 0.05) is 29.6 Å². The first kappa shape index (κ1) is 23.8. The number of methoxy groups -OCH3 is 1. The van der Waals surface area contributed by atoms with E-state index in [9.17, 15) is 4.79 Å². The fourth-order valence-corrected chi connectivity index (χ4v) is 8.06. The molecule has 2 aliphatic heterocycles. The number of H-pyrrole nitrogens is 1. The quantitative estimate of drug-likeness (QED) is 0.513. The van der Waals surface area contributed by atoms with E-state index in [2.05, 4.69) is 62.0 Å². The van der Waals surface area contributed by atoms with E-state index in [4.69, 9.17) is 9.47 Å². The Morgan fingerprint density at radius 2 is 2.00 bits per heavy atom. The van der Waals surface area contributed by atoms with E-state index in [1.54, 1.807) is 7.11 Å². The van der Waals surface area contributed by atoms with Crippen molar-refractivity contribution in [3.05, 3.63) is 81.7 Å². The largest absolute Gasteiger partial charge is 0.493 e. The molecule has 38 heavy (non-hydrogen) atoms. The fourth-order valence-electron chi connectivity index (χ4n) is 8.06. The van der Waals surface area contributed by atoms with Crippen LogP contribution in [0.15, 0.2) is 42.5 Å². The number of carbonyl (C=O) groups is 1. The molecule has 198 valence electrons. The van der Waals surface area contributed by atoms with Gasteiger partial charge < -0.3 is 24.3 Å². The zero-order valence-electron chi connectivity index (χ0n) is 23.0. The summed E-state index contributed by atoms with van der Waals surface area (Å²) in [5, 5.41) is 0. The standard InChI is InChI=1S/C32H37N3O3/c1-18(2)35(17-20-9-7-6-8-10-20)31(36)27-19(3)22-16-23-24-15-21-11-12-25(37-5)29-26(21)32(23,13-14-34(24)4)30(38-29)28(22)33-27/h6-12,18,23-24,30,33H,13-17H2,1-5H3/t23?,24-,30-,32?/m0/s1. The SMILES string of the molecule is COc1ccc2c3c1O[C@H]1c4[nH]c(C(=O)N(Cc5ccccc5)C(C)C)c(C)c4CC4[C@H](C2)N(C)CCC341. The maximum Gasteiger partial charge on any atom is 0.271 e. The van der Waals surface area contributed by atoms with Crippen LogP contribution < -0.4 is 9.47 Å². The predicted octanol–water partition coefficient (Wildman–Crippen LogP) is 5.19. The summed E-state index contributed by atoms with van der Waals surface area (Å²) < 4.78 is 12.7. The Hall–Kier alpha value is -3.25. The molecule has 0 radical (unpaired) electrons. The number of likely N-dealkylation sites (N-methyl/N-ethyl adjacent to an activating group) is 1. The summed E-state index contributed by atoms with van der Waals surface area (Å²) in [5.74, 6) is 2.25. The van der Waals surface area contributed by atoms with Crippen LogP contribution in [0.25, 0.3) is 0 Å². The van der Waals surface area contributed by atoms with Crippen LogP contribution in [0.4, 0.5) is 0 Å². The molecule has 7 rings (SSSR count). The van der Waals surface area contributed by atoms with Gasteiger partial charge in [-0.2, -0.15) is 0 Å². The van der Waals surface area contributed by atoms with Crippen molar-refractivity contribution < 1.29 is 14.3 Å². The summed E-state index contributed by atoms with van der Waals surface area (Å²) >= 11 is 0. The van der Waals surface area contributed by atoms with Gasteiger partial charge in [0.1, 0.15) is 11.8 Å². The van der Waals surface area contributed by atoms with Crippen molar-refractivity contribution in [3.63, 3.8) is 0 Å². The van der Waals surface area contributed by atoms with E-state index in [0.29, 0.717) is 24.2 Å². The van der Waals surface area contributed by atoms with E-state index in [1.807, 2.05) is 23.1 Å². The molecule has 1 N–H and O–H groups in total. The number of amides is 1. The van der Waals surface area contributed by atoms with Crippen LogP contribution in [0.5, 0.6) is 11.5 Å². The van der Waals surface area contributed by atoms with Gasteiger partial charge in [0.05, 0.1) is 12.8 Å². The minimum atomic E-state index is -0.125. The van der Waals surface area contributed by atoms with Crippen LogP contribution in [-0.2, 0) is 24.8 Å². The number of nitrogens with one attached hydrogen (secondary N) is 1. The minimum Gasteiger partial charge on any atom is -0.493 e. The van der Waals surface area contributed by atoms with Gasteiger partial charge in [0.2, 0.25) is 0 Å². The van der Waals surface area contributed by atoms with Crippen molar-refractivity contribution in [2.45, 2.75) is 70.2 Å². The lowest BCUT2D eigenvalue weighted by Crippen LogP contribution is -2.62. The van der Waals surface area contributed by atoms with Gasteiger partial charge in [0.15, 0.2) is 11.5 Å². The maximum absolute atomic E-state index is 14.1. The van der Waals surface area contributed by atoms with Crippen molar-refractivity contribution in [2.24, 2.45) is 5.92 Å². The molecule has 3 heterocycles. The van der Waals surface area contributed by atoms with Gasteiger partial charge in [-0.15, -0.1) is 0 Å². The van der Waals surface area contributed by atoms with Crippen LogP contribution in [-0.4, -0.2) is 53.5 Å². The highest BCUT2D eigenvalue weighted by Gasteiger charge is 2.65. The van der Waals surface area contributed by atoms with Crippen LogP contribution in [0.1, 0.15) is 70.4 Å². The zero-order chi connectivity index (χ0) is 26.3. The number of aromatic nitrogens is 1. The number of benzene rings is 2. The Bertz CT molecular complexity index is 1430. The van der Waals surface area contributed by atoms with E-state index >= 15 is 0 Å². The summed E-state index contributed by atoms with van der Waals surface area (Å²) in [6.07, 6.45) is 2.93. The van der Waals surface area contributed by atoms with Gasteiger partial charge in [-0.1, -0.05) is 36.4 Å². The molecule has 0 saturated carbocycles. The van der Waals surface area contributed by atoms with Crippen molar-refractivity contribution in [1.82, 2.24) is 14.8 Å². The summed E-state index contributed by atoms with van der Waals surface area (Å²) in [7, 11) is 4.00. The second-order valence-electron chi connectivity index (χ2n) is 12.0. The van der Waals surface area contributed by atoms with Crippen molar-refractivity contribution in [1.29, 1.82) is 0 Å². The van der Waals surface area contributed by atoms with Crippen LogP contribution >= 0.6 is 0 Å². The maximum atomic E-state index is 14.1. The summed E-state index contributed by atoms with van der Waals surface area (Å²) in [6.45, 7) is 7.95. The third-order valence-electron chi connectivity index (χ3n) is 9.99. The molecule has 1 saturated heterocycles. The van der Waals surface area contributed by atoms with Crippen LogP contribution in [0.2, 0.25) is 0 Å².